The standard InChI is InChI=1S/C18H16N2O5/c1-11-3-5-14(12(2)7-11)19-18(21)6-4-13-8-16-17(25-10-24-16)9-15(13)20(22)23/h3-9H,10H2,1-2H3,(H,19,21)/b6-4+. The second-order valence-corrected chi connectivity index (χ2v) is 5.66. The summed E-state index contributed by atoms with van der Waals surface area (Å²) in [5, 5.41) is 14.0. The minimum Gasteiger partial charge on any atom is -0.454 e. The van der Waals surface area contributed by atoms with E-state index in [1.807, 2.05) is 32.0 Å². The van der Waals surface area contributed by atoms with Gasteiger partial charge in [-0.3, -0.25) is 14.9 Å². The van der Waals surface area contributed by atoms with Gasteiger partial charge in [-0.25, -0.2) is 0 Å². The molecular formula is C18H16N2O5. The third kappa shape index (κ3) is 3.60. The molecule has 1 N–H and O–H groups in total. The molecule has 7 heteroatoms. The van der Waals surface area contributed by atoms with Crippen molar-refractivity contribution >= 4 is 23.4 Å². The molecule has 128 valence electrons. The lowest BCUT2D eigenvalue weighted by Crippen LogP contribution is -2.09. The average molecular weight is 340 g/mol. The quantitative estimate of drug-likeness (QED) is 0.522. The Balaban J connectivity index is 1.81. The van der Waals surface area contributed by atoms with Crippen molar-refractivity contribution in [3.63, 3.8) is 0 Å². The van der Waals surface area contributed by atoms with Gasteiger partial charge in [-0.1, -0.05) is 17.7 Å². The van der Waals surface area contributed by atoms with Crippen LogP contribution in [0.4, 0.5) is 11.4 Å². The SMILES string of the molecule is Cc1ccc(NC(=O)/C=C/c2cc3c(cc2[N+](=O)[O-])OCO3)c(C)c1. The number of nitro groups is 1. The van der Waals surface area contributed by atoms with Crippen molar-refractivity contribution in [2.24, 2.45) is 0 Å². The molecule has 0 unspecified atom stereocenters. The number of carbonyl (C=O) groups excluding carboxylic acids is 1. The zero-order valence-electron chi connectivity index (χ0n) is 13.7. The van der Waals surface area contributed by atoms with Gasteiger partial charge >= 0.3 is 0 Å². The third-order valence-electron chi connectivity index (χ3n) is 3.77. The molecular weight excluding hydrogens is 324 g/mol. The summed E-state index contributed by atoms with van der Waals surface area (Å²) >= 11 is 0. The molecule has 0 saturated heterocycles. The highest BCUT2D eigenvalue weighted by atomic mass is 16.7. The topological polar surface area (TPSA) is 90.7 Å². The van der Waals surface area contributed by atoms with E-state index in [0.29, 0.717) is 17.2 Å². The first-order valence-electron chi connectivity index (χ1n) is 7.58. The number of rotatable bonds is 4. The molecule has 2 aromatic rings. The summed E-state index contributed by atoms with van der Waals surface area (Å²) < 4.78 is 10.4. The zero-order chi connectivity index (χ0) is 18.0. The number of nitrogens with zero attached hydrogens (tertiary/aromatic N) is 1. The fourth-order valence-electron chi connectivity index (χ4n) is 2.53. The number of ether oxygens (including phenoxy) is 2. The molecule has 0 atom stereocenters. The summed E-state index contributed by atoms with van der Waals surface area (Å²) in [5.74, 6) is 0.363. The minimum atomic E-state index is -0.524. The Hall–Kier alpha value is -3.35. The number of nitro benzene ring substituents is 1. The lowest BCUT2D eigenvalue weighted by molar-refractivity contribution is -0.385. The molecule has 0 bridgehead atoms. The maximum Gasteiger partial charge on any atom is 0.280 e. The Labute approximate surface area is 144 Å². The second kappa shape index (κ2) is 6.64. The first kappa shape index (κ1) is 16.5. The fourth-order valence-corrected chi connectivity index (χ4v) is 2.53. The molecule has 1 amide bonds. The molecule has 1 aliphatic heterocycles. The van der Waals surface area contributed by atoms with Crippen molar-refractivity contribution in [3.8, 4) is 11.5 Å². The predicted octanol–water partition coefficient (Wildman–Crippen LogP) is 3.59. The molecule has 0 radical (unpaired) electrons. The van der Waals surface area contributed by atoms with Crippen LogP contribution in [-0.2, 0) is 4.79 Å². The molecule has 3 rings (SSSR count). The van der Waals surface area contributed by atoms with Gasteiger partial charge in [-0.05, 0) is 37.6 Å². The van der Waals surface area contributed by atoms with Crippen molar-refractivity contribution in [1.82, 2.24) is 0 Å². The molecule has 7 nitrogen and oxygen atoms in total. The van der Waals surface area contributed by atoms with Crippen LogP contribution in [0, 0.1) is 24.0 Å². The molecule has 0 aromatic heterocycles. The van der Waals surface area contributed by atoms with E-state index in [4.69, 9.17) is 9.47 Å². The van der Waals surface area contributed by atoms with Gasteiger partial charge in [0.1, 0.15) is 0 Å². The number of amides is 1. The number of nitrogens with one attached hydrogen (secondary N) is 1. The highest BCUT2D eigenvalue weighted by Gasteiger charge is 2.22. The Bertz CT molecular complexity index is 889. The maximum absolute atomic E-state index is 12.1. The lowest BCUT2D eigenvalue weighted by Gasteiger charge is -2.07. The molecule has 25 heavy (non-hydrogen) atoms. The second-order valence-electron chi connectivity index (χ2n) is 5.66. The van der Waals surface area contributed by atoms with Gasteiger partial charge in [0.05, 0.1) is 16.6 Å². The van der Waals surface area contributed by atoms with Gasteiger partial charge in [-0.15, -0.1) is 0 Å². The van der Waals surface area contributed by atoms with E-state index in [1.165, 1.54) is 24.3 Å². The number of fused-ring (bicyclic) bond motifs is 1. The summed E-state index contributed by atoms with van der Waals surface area (Å²) in [6.07, 6.45) is 2.64. The van der Waals surface area contributed by atoms with Crippen LogP contribution in [0.15, 0.2) is 36.4 Å². The van der Waals surface area contributed by atoms with E-state index in [0.717, 1.165) is 11.1 Å². The summed E-state index contributed by atoms with van der Waals surface area (Å²) in [7, 11) is 0. The Morgan fingerprint density at radius 3 is 2.60 bits per heavy atom. The van der Waals surface area contributed by atoms with Gasteiger partial charge in [0.15, 0.2) is 11.5 Å². The van der Waals surface area contributed by atoms with Crippen LogP contribution in [0.3, 0.4) is 0 Å². The van der Waals surface area contributed by atoms with Crippen LogP contribution in [-0.4, -0.2) is 17.6 Å². The van der Waals surface area contributed by atoms with Gasteiger partial charge in [0.25, 0.3) is 5.69 Å². The zero-order valence-corrected chi connectivity index (χ0v) is 13.7. The van der Waals surface area contributed by atoms with E-state index in [1.54, 1.807) is 0 Å². The number of anilines is 1. The summed E-state index contributed by atoms with van der Waals surface area (Å²) in [6.45, 7) is 3.89. The maximum atomic E-state index is 12.1. The number of benzene rings is 2. The van der Waals surface area contributed by atoms with Gasteiger partial charge in [0.2, 0.25) is 12.7 Å². The summed E-state index contributed by atoms with van der Waals surface area (Å²) in [4.78, 5) is 22.8. The molecule has 0 aliphatic carbocycles. The smallest absolute Gasteiger partial charge is 0.280 e. The van der Waals surface area contributed by atoms with Gasteiger partial charge < -0.3 is 14.8 Å². The van der Waals surface area contributed by atoms with Crippen molar-refractivity contribution in [1.29, 1.82) is 0 Å². The average Bonchev–Trinajstić information content (AvgIpc) is 3.02. The van der Waals surface area contributed by atoms with E-state index in [9.17, 15) is 14.9 Å². The van der Waals surface area contributed by atoms with Crippen molar-refractivity contribution in [3.05, 3.63) is 63.2 Å². The molecule has 0 saturated carbocycles. The van der Waals surface area contributed by atoms with E-state index < -0.39 is 4.92 Å². The number of carbonyl (C=O) groups is 1. The minimum absolute atomic E-state index is 0.0207. The van der Waals surface area contributed by atoms with Crippen LogP contribution in [0.5, 0.6) is 11.5 Å². The highest BCUT2D eigenvalue weighted by molar-refractivity contribution is 6.02. The molecule has 2 aromatic carbocycles. The number of aryl methyl sites for hydroxylation is 2. The van der Waals surface area contributed by atoms with Crippen LogP contribution in [0.25, 0.3) is 6.08 Å². The van der Waals surface area contributed by atoms with Crippen LogP contribution >= 0.6 is 0 Å². The molecule has 0 fully saturated rings. The first-order chi connectivity index (χ1) is 11.9. The normalized spacial score (nSPS) is 12.4. The van der Waals surface area contributed by atoms with Crippen molar-refractivity contribution < 1.29 is 19.2 Å². The van der Waals surface area contributed by atoms with Crippen LogP contribution in [0.2, 0.25) is 0 Å². The van der Waals surface area contributed by atoms with Crippen LogP contribution < -0.4 is 14.8 Å². The fraction of sp³-hybridized carbons (Fsp3) is 0.167. The molecule has 1 heterocycles. The molecule has 1 aliphatic rings. The number of hydrogen-bond acceptors (Lipinski definition) is 5. The first-order valence-corrected chi connectivity index (χ1v) is 7.58. The van der Waals surface area contributed by atoms with Gasteiger partial charge in [0, 0.05) is 11.8 Å². The highest BCUT2D eigenvalue weighted by Crippen LogP contribution is 2.38. The summed E-state index contributed by atoms with van der Waals surface area (Å²) in [6, 6.07) is 8.46. The Morgan fingerprint density at radius 1 is 1.20 bits per heavy atom. The Kier molecular flexibility index (Phi) is 4.38. The van der Waals surface area contributed by atoms with Crippen LogP contribution in [0.1, 0.15) is 16.7 Å². The summed E-state index contributed by atoms with van der Waals surface area (Å²) in [5.41, 5.74) is 2.85. The number of hydrogen-bond donors (Lipinski definition) is 1. The largest absolute Gasteiger partial charge is 0.454 e. The van der Waals surface area contributed by atoms with E-state index in [-0.39, 0.29) is 24.0 Å². The Morgan fingerprint density at radius 2 is 1.92 bits per heavy atom. The van der Waals surface area contributed by atoms with Crippen molar-refractivity contribution in [2.75, 3.05) is 12.1 Å². The predicted molar refractivity (Wildman–Crippen MR) is 92.8 cm³/mol. The van der Waals surface area contributed by atoms with Crippen molar-refractivity contribution in [2.45, 2.75) is 13.8 Å². The van der Waals surface area contributed by atoms with E-state index >= 15 is 0 Å². The molecule has 0 spiro atoms. The lowest BCUT2D eigenvalue weighted by atomic mass is 10.1. The monoisotopic (exact) mass is 340 g/mol. The third-order valence-corrected chi connectivity index (χ3v) is 3.77. The van der Waals surface area contributed by atoms with E-state index in [2.05, 4.69) is 5.32 Å². The van der Waals surface area contributed by atoms with Gasteiger partial charge in [-0.2, -0.15) is 0 Å².